The number of hydrogen-bond donors (Lipinski definition) is 2. The van der Waals surface area contributed by atoms with Gasteiger partial charge in [-0.25, -0.2) is 8.78 Å². The van der Waals surface area contributed by atoms with Crippen molar-refractivity contribution in [3.63, 3.8) is 0 Å². The number of amides is 2. The highest BCUT2D eigenvalue weighted by Crippen LogP contribution is 2.30. The number of carbonyl (C=O) groups excluding carboxylic acids is 3. The average molecular weight is 443 g/mol. The van der Waals surface area contributed by atoms with Crippen LogP contribution in [-0.2, 0) is 17.8 Å². The minimum absolute atomic E-state index is 0.0223. The molecule has 0 spiro atoms. The van der Waals surface area contributed by atoms with Gasteiger partial charge in [-0.3, -0.25) is 14.4 Å². The van der Waals surface area contributed by atoms with Crippen LogP contribution in [0.2, 0.25) is 0 Å². The Morgan fingerprint density at radius 1 is 1.13 bits per heavy atom. The lowest BCUT2D eigenvalue weighted by Crippen LogP contribution is -2.46. The van der Waals surface area contributed by atoms with Crippen LogP contribution in [-0.4, -0.2) is 34.4 Å². The van der Waals surface area contributed by atoms with Crippen molar-refractivity contribution in [2.24, 2.45) is 0 Å². The number of benzene rings is 1. The molecule has 0 saturated carbocycles. The number of carbonyl (C=O) groups is 3. The third-order valence-corrected chi connectivity index (χ3v) is 5.07. The molecule has 2 heterocycles. The summed E-state index contributed by atoms with van der Waals surface area (Å²) in [6.45, 7) is 2.41. The molecule has 1 atom stereocenters. The standard InChI is InChI=1S/C20H18F5N3O3/c1-9-15(18(30)27-11-5-6-12(21)13(22)8-11)14-4-3-7-28(14)16(9)17(29)19(31)26-10(2)20(23,24)25/h5-6,8,10H,3-4,7H2,1-2H3,(H,26,31)(H,27,30)/t10-/m0/s1. The van der Waals surface area contributed by atoms with Gasteiger partial charge in [-0.1, -0.05) is 0 Å². The van der Waals surface area contributed by atoms with Crippen LogP contribution in [0.5, 0.6) is 0 Å². The highest BCUT2D eigenvalue weighted by Gasteiger charge is 2.39. The van der Waals surface area contributed by atoms with E-state index in [1.165, 1.54) is 11.5 Å². The maximum absolute atomic E-state index is 13.4. The van der Waals surface area contributed by atoms with Gasteiger partial charge < -0.3 is 15.2 Å². The Kier molecular flexibility index (Phi) is 5.88. The molecule has 6 nitrogen and oxygen atoms in total. The summed E-state index contributed by atoms with van der Waals surface area (Å²) in [6.07, 6.45) is -3.77. The van der Waals surface area contributed by atoms with E-state index in [1.54, 1.807) is 5.32 Å². The fourth-order valence-corrected chi connectivity index (χ4v) is 3.53. The van der Waals surface area contributed by atoms with E-state index in [-0.39, 0.29) is 22.5 Å². The van der Waals surface area contributed by atoms with Gasteiger partial charge in [0.25, 0.3) is 17.6 Å². The molecular weight excluding hydrogens is 425 g/mol. The molecular formula is C20H18F5N3O3. The molecule has 1 aromatic heterocycles. The van der Waals surface area contributed by atoms with Crippen LogP contribution < -0.4 is 10.6 Å². The number of fused-ring (bicyclic) bond motifs is 1. The summed E-state index contributed by atoms with van der Waals surface area (Å²) in [6, 6.07) is 0.549. The van der Waals surface area contributed by atoms with E-state index < -0.39 is 41.5 Å². The van der Waals surface area contributed by atoms with Crippen LogP contribution in [0.4, 0.5) is 27.6 Å². The van der Waals surface area contributed by atoms with E-state index in [2.05, 4.69) is 5.32 Å². The Labute approximate surface area is 173 Å². The zero-order valence-corrected chi connectivity index (χ0v) is 16.5. The van der Waals surface area contributed by atoms with Crippen molar-refractivity contribution in [2.45, 2.75) is 45.5 Å². The van der Waals surface area contributed by atoms with Gasteiger partial charge in [0.1, 0.15) is 6.04 Å². The Bertz CT molecular complexity index is 1070. The van der Waals surface area contributed by atoms with Crippen molar-refractivity contribution in [1.82, 2.24) is 9.88 Å². The second-order valence-electron chi connectivity index (χ2n) is 7.20. The van der Waals surface area contributed by atoms with Crippen molar-refractivity contribution < 1.29 is 36.3 Å². The molecule has 31 heavy (non-hydrogen) atoms. The van der Waals surface area contributed by atoms with Crippen LogP contribution in [0.1, 0.15) is 45.4 Å². The number of alkyl halides is 3. The van der Waals surface area contributed by atoms with Gasteiger partial charge in [0.15, 0.2) is 11.6 Å². The fraction of sp³-hybridized carbons (Fsp3) is 0.350. The molecule has 166 valence electrons. The lowest BCUT2D eigenvalue weighted by molar-refractivity contribution is -0.156. The quantitative estimate of drug-likeness (QED) is 0.422. The molecule has 0 aliphatic carbocycles. The van der Waals surface area contributed by atoms with Gasteiger partial charge in [0.2, 0.25) is 0 Å². The van der Waals surface area contributed by atoms with Gasteiger partial charge in [0.05, 0.1) is 11.3 Å². The van der Waals surface area contributed by atoms with E-state index in [1.807, 2.05) is 0 Å². The number of hydrogen-bond acceptors (Lipinski definition) is 3. The SMILES string of the molecule is Cc1c(C(=O)Nc2ccc(F)c(F)c2)c2n(c1C(=O)C(=O)N[C@@H](C)C(F)(F)F)CCC2. The van der Waals surface area contributed by atoms with Crippen LogP contribution in [0, 0.1) is 18.6 Å². The highest BCUT2D eigenvalue weighted by atomic mass is 19.4. The molecule has 1 aliphatic heterocycles. The molecule has 3 rings (SSSR count). The summed E-state index contributed by atoms with van der Waals surface area (Å²) in [5.74, 6) is -5.59. The predicted molar refractivity (Wildman–Crippen MR) is 99.8 cm³/mol. The number of Topliss-reactive ketones (excluding diaryl/α,β-unsaturated/α-hetero) is 1. The normalized spacial score (nSPS) is 14.2. The number of halogens is 5. The van der Waals surface area contributed by atoms with Crippen molar-refractivity contribution >= 4 is 23.3 Å². The molecule has 0 radical (unpaired) electrons. The average Bonchev–Trinajstić information content (AvgIpc) is 3.22. The molecule has 2 amide bonds. The second kappa shape index (κ2) is 8.12. The molecule has 11 heteroatoms. The van der Waals surface area contributed by atoms with E-state index in [9.17, 15) is 36.3 Å². The summed E-state index contributed by atoms with van der Waals surface area (Å²) in [7, 11) is 0. The van der Waals surface area contributed by atoms with E-state index in [0.717, 1.165) is 18.2 Å². The Hall–Kier alpha value is -3.24. The summed E-state index contributed by atoms with van der Waals surface area (Å²) >= 11 is 0. The molecule has 0 bridgehead atoms. The summed E-state index contributed by atoms with van der Waals surface area (Å²) in [5.41, 5.74) is 0.440. The predicted octanol–water partition coefficient (Wildman–Crippen LogP) is 3.52. The van der Waals surface area contributed by atoms with Crippen LogP contribution >= 0.6 is 0 Å². The smallest absolute Gasteiger partial charge is 0.341 e. The molecule has 1 aromatic carbocycles. The monoisotopic (exact) mass is 443 g/mol. The maximum Gasteiger partial charge on any atom is 0.408 e. The van der Waals surface area contributed by atoms with Crippen LogP contribution in [0.3, 0.4) is 0 Å². The zero-order chi connectivity index (χ0) is 23.1. The minimum atomic E-state index is -4.72. The minimum Gasteiger partial charge on any atom is -0.341 e. The largest absolute Gasteiger partial charge is 0.408 e. The molecule has 1 aliphatic rings. The topological polar surface area (TPSA) is 80.2 Å². The van der Waals surface area contributed by atoms with Crippen molar-refractivity contribution in [3.05, 3.63) is 52.3 Å². The Morgan fingerprint density at radius 3 is 2.42 bits per heavy atom. The van der Waals surface area contributed by atoms with Gasteiger partial charge >= 0.3 is 6.18 Å². The first kappa shape index (κ1) is 22.4. The highest BCUT2D eigenvalue weighted by molar-refractivity contribution is 6.43. The van der Waals surface area contributed by atoms with Crippen LogP contribution in [0.15, 0.2) is 18.2 Å². The third kappa shape index (κ3) is 4.30. The first-order valence-electron chi connectivity index (χ1n) is 9.32. The van der Waals surface area contributed by atoms with E-state index >= 15 is 0 Å². The van der Waals surface area contributed by atoms with Gasteiger partial charge in [0, 0.05) is 24.0 Å². The van der Waals surface area contributed by atoms with Gasteiger partial charge in [-0.15, -0.1) is 0 Å². The van der Waals surface area contributed by atoms with E-state index in [4.69, 9.17) is 0 Å². The molecule has 0 saturated heterocycles. The molecule has 2 aromatic rings. The molecule has 0 unspecified atom stereocenters. The number of aromatic nitrogens is 1. The van der Waals surface area contributed by atoms with Crippen molar-refractivity contribution in [3.8, 4) is 0 Å². The second-order valence-corrected chi connectivity index (χ2v) is 7.20. The van der Waals surface area contributed by atoms with E-state index in [0.29, 0.717) is 32.0 Å². The number of rotatable bonds is 5. The Balaban J connectivity index is 1.91. The zero-order valence-electron chi connectivity index (χ0n) is 16.5. The van der Waals surface area contributed by atoms with Gasteiger partial charge in [-0.2, -0.15) is 13.2 Å². The lowest BCUT2D eigenvalue weighted by atomic mass is 10.0. The van der Waals surface area contributed by atoms with Crippen LogP contribution in [0.25, 0.3) is 0 Å². The number of anilines is 1. The van der Waals surface area contributed by atoms with Gasteiger partial charge in [-0.05, 0) is 44.4 Å². The number of nitrogens with one attached hydrogen (secondary N) is 2. The summed E-state index contributed by atoms with van der Waals surface area (Å²) in [5, 5.41) is 4.03. The van der Waals surface area contributed by atoms with Crippen molar-refractivity contribution in [2.75, 3.05) is 5.32 Å². The maximum atomic E-state index is 13.4. The first-order valence-corrected chi connectivity index (χ1v) is 9.32. The summed E-state index contributed by atoms with van der Waals surface area (Å²) < 4.78 is 66.1. The number of nitrogens with zero attached hydrogens (tertiary/aromatic N) is 1. The van der Waals surface area contributed by atoms with Crippen molar-refractivity contribution in [1.29, 1.82) is 0 Å². The summed E-state index contributed by atoms with van der Waals surface area (Å²) in [4.78, 5) is 37.6. The molecule has 0 fully saturated rings. The lowest BCUT2D eigenvalue weighted by Gasteiger charge is -2.17. The first-order chi connectivity index (χ1) is 14.4. The number of ketones is 1. The molecule has 2 N–H and O–H groups in total. The fourth-order valence-electron chi connectivity index (χ4n) is 3.53. The third-order valence-electron chi connectivity index (χ3n) is 5.07. The Morgan fingerprint density at radius 2 is 1.81 bits per heavy atom.